The van der Waals surface area contributed by atoms with Crippen LogP contribution in [0.2, 0.25) is 0 Å². The number of rotatable bonds is 12. The van der Waals surface area contributed by atoms with Gasteiger partial charge in [0.1, 0.15) is 23.9 Å². The molecule has 12 nitrogen and oxygen atoms in total. The summed E-state index contributed by atoms with van der Waals surface area (Å²) in [5.41, 5.74) is 7.28. The topological polar surface area (TPSA) is 200 Å². The quantitative estimate of drug-likeness (QED) is 0.167. The first-order valence-corrected chi connectivity index (χ1v) is 11.0. The van der Waals surface area contributed by atoms with Crippen molar-refractivity contribution in [2.24, 2.45) is 5.73 Å². The lowest BCUT2D eigenvalue weighted by Crippen LogP contribution is -2.58. The molecule has 1 aromatic carbocycles. The van der Waals surface area contributed by atoms with Gasteiger partial charge in [-0.05, 0) is 31.0 Å². The molecule has 2 rings (SSSR count). The van der Waals surface area contributed by atoms with Gasteiger partial charge < -0.3 is 36.9 Å². The Bertz CT molecular complexity index is 984. The lowest BCUT2D eigenvalue weighted by atomic mass is 10.0. The minimum Gasteiger partial charge on any atom is -0.508 e. The van der Waals surface area contributed by atoms with E-state index in [2.05, 4.69) is 38.5 Å². The van der Waals surface area contributed by atoms with Crippen molar-refractivity contribution in [2.75, 3.05) is 5.75 Å². The van der Waals surface area contributed by atoms with E-state index in [1.165, 1.54) is 31.6 Å². The first-order chi connectivity index (χ1) is 16.1. The van der Waals surface area contributed by atoms with Gasteiger partial charge in [0.05, 0.1) is 12.4 Å². The maximum atomic E-state index is 13.0. The number of H-pyrrole nitrogens is 1. The summed E-state index contributed by atoms with van der Waals surface area (Å²) in [6, 6.07) is 1.82. The molecule has 0 fully saturated rings. The molecule has 184 valence electrons. The van der Waals surface area contributed by atoms with Gasteiger partial charge in [0.2, 0.25) is 17.7 Å². The van der Waals surface area contributed by atoms with Gasteiger partial charge in [0.15, 0.2) is 0 Å². The first kappa shape index (κ1) is 26.7. The third-order valence-corrected chi connectivity index (χ3v) is 5.25. The van der Waals surface area contributed by atoms with Gasteiger partial charge >= 0.3 is 5.97 Å². The van der Waals surface area contributed by atoms with Crippen molar-refractivity contribution < 1.29 is 29.4 Å². The molecule has 0 aliphatic carbocycles. The third kappa shape index (κ3) is 8.08. The summed E-state index contributed by atoms with van der Waals surface area (Å²) in [6.45, 7) is 1.29. The van der Waals surface area contributed by atoms with Gasteiger partial charge in [-0.2, -0.15) is 12.6 Å². The van der Waals surface area contributed by atoms with E-state index in [0.717, 1.165) is 5.56 Å². The Hall–Kier alpha value is -3.58. The Morgan fingerprint density at radius 1 is 1.03 bits per heavy atom. The number of hydrogen-bond donors (Lipinski definition) is 8. The number of hydrogen-bond acceptors (Lipinski definition) is 8. The average molecular weight is 493 g/mol. The van der Waals surface area contributed by atoms with Gasteiger partial charge in [0.25, 0.3) is 0 Å². The summed E-state index contributed by atoms with van der Waals surface area (Å²) in [7, 11) is 0. The zero-order chi connectivity index (χ0) is 25.3. The monoisotopic (exact) mass is 492 g/mol. The number of benzene rings is 1. The average Bonchev–Trinajstić information content (AvgIpc) is 3.31. The zero-order valence-electron chi connectivity index (χ0n) is 18.4. The van der Waals surface area contributed by atoms with Gasteiger partial charge in [-0.3, -0.25) is 19.2 Å². The highest BCUT2D eigenvalue weighted by atomic mass is 32.1. The van der Waals surface area contributed by atoms with E-state index >= 15 is 0 Å². The number of nitrogens with two attached hydrogens (primary N) is 1. The molecular weight excluding hydrogens is 464 g/mol. The Morgan fingerprint density at radius 3 is 2.21 bits per heavy atom. The number of nitrogens with one attached hydrogen (secondary N) is 4. The number of aromatic hydroxyl groups is 1. The minimum absolute atomic E-state index is 0.0376. The Balaban J connectivity index is 2.08. The second kappa shape index (κ2) is 12.6. The molecule has 0 aliphatic heterocycles. The summed E-state index contributed by atoms with van der Waals surface area (Å²) in [5.74, 6) is -3.26. The molecular formula is C21H28N6O6S. The van der Waals surface area contributed by atoms with E-state index in [4.69, 9.17) is 10.8 Å². The van der Waals surface area contributed by atoms with Crippen LogP contribution in [0.15, 0.2) is 36.8 Å². The number of nitrogens with zero attached hydrogens (tertiary/aromatic N) is 1. The predicted molar refractivity (Wildman–Crippen MR) is 125 cm³/mol. The highest BCUT2D eigenvalue weighted by molar-refractivity contribution is 7.80. The molecule has 0 aliphatic rings. The molecule has 0 bridgehead atoms. The highest BCUT2D eigenvalue weighted by Gasteiger charge is 2.29. The van der Waals surface area contributed by atoms with Crippen molar-refractivity contribution in [3.63, 3.8) is 0 Å². The molecule has 0 spiro atoms. The number of carbonyl (C=O) groups is 4. The molecule has 0 radical (unpaired) electrons. The summed E-state index contributed by atoms with van der Waals surface area (Å²) in [6.07, 6.45) is 3.11. The van der Waals surface area contributed by atoms with E-state index in [9.17, 15) is 24.3 Å². The molecule has 2 aromatic rings. The molecule has 8 N–H and O–H groups in total. The second-order valence-corrected chi connectivity index (χ2v) is 8.00. The Kier molecular flexibility index (Phi) is 9.89. The van der Waals surface area contributed by atoms with Gasteiger partial charge in [-0.25, -0.2) is 4.98 Å². The molecule has 4 atom stereocenters. The van der Waals surface area contributed by atoms with E-state index < -0.39 is 47.9 Å². The Labute approximate surface area is 201 Å². The first-order valence-electron chi connectivity index (χ1n) is 10.4. The molecule has 0 saturated heterocycles. The van der Waals surface area contributed by atoms with Crippen LogP contribution in [0.5, 0.6) is 5.75 Å². The number of thiol groups is 1. The molecule has 1 heterocycles. The number of phenols is 1. The summed E-state index contributed by atoms with van der Waals surface area (Å²) >= 11 is 4.06. The number of carbonyl (C=O) groups excluding carboxylic acids is 3. The van der Waals surface area contributed by atoms with Crippen LogP contribution in [0.25, 0.3) is 0 Å². The second-order valence-electron chi connectivity index (χ2n) is 7.63. The van der Waals surface area contributed by atoms with Crippen LogP contribution in [0.3, 0.4) is 0 Å². The van der Waals surface area contributed by atoms with Crippen LogP contribution < -0.4 is 21.7 Å². The SMILES string of the molecule is CC(NC(=O)C(CS)NC(=O)C(Cc1cnc[nH]1)NC(=O)C(N)Cc1ccc(O)cc1)C(=O)O. The van der Waals surface area contributed by atoms with Crippen LogP contribution in [0.1, 0.15) is 18.2 Å². The summed E-state index contributed by atoms with van der Waals surface area (Å²) < 4.78 is 0. The number of phenolic OH excluding ortho intramolecular Hbond substituents is 1. The van der Waals surface area contributed by atoms with Crippen LogP contribution in [0, 0.1) is 0 Å². The van der Waals surface area contributed by atoms with Crippen molar-refractivity contribution >= 4 is 36.3 Å². The van der Waals surface area contributed by atoms with E-state index in [-0.39, 0.29) is 24.3 Å². The lowest BCUT2D eigenvalue weighted by molar-refractivity contribution is -0.141. The van der Waals surface area contributed by atoms with E-state index in [0.29, 0.717) is 5.69 Å². The van der Waals surface area contributed by atoms with Crippen LogP contribution in [0.4, 0.5) is 0 Å². The fourth-order valence-electron chi connectivity index (χ4n) is 2.93. The van der Waals surface area contributed by atoms with Crippen molar-refractivity contribution in [1.82, 2.24) is 25.9 Å². The van der Waals surface area contributed by atoms with Gasteiger partial charge in [0, 0.05) is 24.1 Å². The van der Waals surface area contributed by atoms with Crippen molar-refractivity contribution in [2.45, 2.75) is 43.9 Å². The number of carboxylic acids is 1. The maximum Gasteiger partial charge on any atom is 0.325 e. The number of carboxylic acid groups (broad SMARTS) is 1. The van der Waals surface area contributed by atoms with Crippen molar-refractivity contribution in [3.05, 3.63) is 48.0 Å². The molecule has 1 aromatic heterocycles. The van der Waals surface area contributed by atoms with Gasteiger partial charge in [-0.1, -0.05) is 12.1 Å². The molecule has 0 saturated carbocycles. The van der Waals surface area contributed by atoms with Crippen LogP contribution in [-0.2, 0) is 32.0 Å². The van der Waals surface area contributed by atoms with Crippen molar-refractivity contribution in [3.8, 4) is 5.75 Å². The standard InChI is InChI=1S/C21H28N6O6S/c1-11(21(32)33)25-20(31)17(9-34)27-19(30)16(7-13-8-23-10-24-13)26-18(29)15(22)6-12-2-4-14(28)5-3-12/h2-5,8,10-11,15-17,28,34H,6-7,9,22H2,1H3,(H,23,24)(H,25,31)(H,26,29)(H,27,30)(H,32,33). The van der Waals surface area contributed by atoms with E-state index in [1.54, 1.807) is 12.1 Å². The maximum absolute atomic E-state index is 13.0. The number of imidazole rings is 1. The normalized spacial score (nSPS) is 14.3. The van der Waals surface area contributed by atoms with Crippen LogP contribution in [-0.4, -0.2) is 73.8 Å². The minimum atomic E-state index is -1.23. The molecule has 13 heteroatoms. The fourth-order valence-corrected chi connectivity index (χ4v) is 3.18. The van der Waals surface area contributed by atoms with Crippen LogP contribution >= 0.6 is 12.6 Å². The summed E-state index contributed by atoms with van der Waals surface area (Å²) in [5, 5.41) is 25.7. The largest absolute Gasteiger partial charge is 0.508 e. The zero-order valence-corrected chi connectivity index (χ0v) is 19.3. The summed E-state index contributed by atoms with van der Waals surface area (Å²) in [4.78, 5) is 55.7. The fraction of sp³-hybridized carbons (Fsp3) is 0.381. The van der Waals surface area contributed by atoms with Gasteiger partial charge in [-0.15, -0.1) is 0 Å². The molecule has 4 unspecified atom stereocenters. The van der Waals surface area contributed by atoms with E-state index in [1.807, 2.05) is 0 Å². The Morgan fingerprint density at radius 2 is 1.65 bits per heavy atom. The number of aromatic nitrogens is 2. The number of amides is 3. The lowest BCUT2D eigenvalue weighted by Gasteiger charge is -2.24. The third-order valence-electron chi connectivity index (χ3n) is 4.89. The smallest absolute Gasteiger partial charge is 0.325 e. The molecule has 34 heavy (non-hydrogen) atoms. The number of aromatic amines is 1. The number of aliphatic carboxylic acids is 1. The van der Waals surface area contributed by atoms with Crippen molar-refractivity contribution in [1.29, 1.82) is 0 Å². The predicted octanol–water partition coefficient (Wildman–Crippen LogP) is -1.28. The highest BCUT2D eigenvalue weighted by Crippen LogP contribution is 2.11. The molecule has 3 amide bonds.